The maximum absolute atomic E-state index is 10.2. The van der Waals surface area contributed by atoms with Crippen molar-refractivity contribution >= 4 is 17.1 Å². The summed E-state index contributed by atoms with van der Waals surface area (Å²) in [5.74, 6) is 0. The molecule has 2 aliphatic rings. The highest BCUT2D eigenvalue weighted by molar-refractivity contribution is 6.00. The van der Waals surface area contributed by atoms with E-state index < -0.39 is 5.41 Å². The summed E-state index contributed by atoms with van der Waals surface area (Å²) in [5, 5.41) is 20.4. The van der Waals surface area contributed by atoms with Crippen LogP contribution in [0.2, 0.25) is 0 Å². The van der Waals surface area contributed by atoms with E-state index in [-0.39, 0.29) is 0 Å². The van der Waals surface area contributed by atoms with Gasteiger partial charge in [0.1, 0.15) is 0 Å². The third-order valence-corrected chi connectivity index (χ3v) is 13.8. The zero-order valence-electron chi connectivity index (χ0n) is 38.1. The van der Waals surface area contributed by atoms with Gasteiger partial charge in [0.2, 0.25) is 0 Å². The quantitative estimate of drug-likeness (QED) is 0.0974. The minimum Gasteiger partial charge on any atom is -0.310 e. The SMILES string of the molecule is CCCCc1cc(CCCC)cc(N(c2ccc(-c3cccc4c3-c3ccccc3C43c4cc(C#N)ccc4-c4ccc(C#N)cc43)cc2)c2cc(CCCC)cc(CCCC)c2)c1. The number of anilines is 3. The Morgan fingerprint density at radius 3 is 1.33 bits per heavy atom. The van der Waals surface area contributed by atoms with Crippen molar-refractivity contribution in [1.82, 2.24) is 0 Å². The summed E-state index contributed by atoms with van der Waals surface area (Å²) in [6.45, 7) is 9.15. The fourth-order valence-electron chi connectivity index (χ4n) is 10.7. The molecule has 0 fully saturated rings. The lowest BCUT2D eigenvalue weighted by molar-refractivity contribution is 0.779. The molecule has 0 N–H and O–H groups in total. The summed E-state index contributed by atoms with van der Waals surface area (Å²) >= 11 is 0. The van der Waals surface area contributed by atoms with E-state index in [0.717, 1.165) is 59.2 Å². The normalized spacial score (nSPS) is 12.6. The molecular weight excluding hydrogens is 775 g/mol. The van der Waals surface area contributed by atoms with Gasteiger partial charge < -0.3 is 4.90 Å². The third-order valence-electron chi connectivity index (χ3n) is 13.8. The first kappa shape index (κ1) is 42.6. The molecule has 0 saturated carbocycles. The Morgan fingerprint density at radius 2 is 0.859 bits per heavy atom. The van der Waals surface area contributed by atoms with Crippen LogP contribution in [0, 0.1) is 22.7 Å². The predicted molar refractivity (Wildman–Crippen MR) is 267 cm³/mol. The highest BCUT2D eigenvalue weighted by Crippen LogP contribution is 2.64. The van der Waals surface area contributed by atoms with Crippen LogP contribution in [-0.2, 0) is 31.1 Å². The van der Waals surface area contributed by atoms with Gasteiger partial charge in [-0.2, -0.15) is 10.5 Å². The average molecular weight is 834 g/mol. The van der Waals surface area contributed by atoms with Crippen molar-refractivity contribution in [2.75, 3.05) is 4.90 Å². The average Bonchev–Trinajstić information content (AvgIpc) is 3.80. The van der Waals surface area contributed by atoms with Gasteiger partial charge in [0.05, 0.1) is 28.7 Å². The molecule has 0 heterocycles. The van der Waals surface area contributed by atoms with Crippen molar-refractivity contribution in [1.29, 1.82) is 10.5 Å². The van der Waals surface area contributed by atoms with Crippen LogP contribution in [-0.4, -0.2) is 0 Å². The van der Waals surface area contributed by atoms with E-state index in [9.17, 15) is 10.5 Å². The van der Waals surface area contributed by atoms with E-state index >= 15 is 0 Å². The minimum atomic E-state index is -0.667. The van der Waals surface area contributed by atoms with E-state index in [4.69, 9.17) is 0 Å². The summed E-state index contributed by atoms with van der Waals surface area (Å²) in [5.41, 5.74) is 21.5. The molecule has 318 valence electrons. The number of unbranched alkanes of at least 4 members (excludes halogenated alkanes) is 4. The van der Waals surface area contributed by atoms with Crippen LogP contribution < -0.4 is 4.90 Å². The fraction of sp³-hybridized carbons (Fsp3) is 0.279. The van der Waals surface area contributed by atoms with Crippen LogP contribution in [0.25, 0.3) is 33.4 Å². The Labute approximate surface area is 381 Å². The van der Waals surface area contributed by atoms with E-state index in [2.05, 4.69) is 172 Å². The molecule has 0 aliphatic heterocycles. The van der Waals surface area contributed by atoms with Crippen molar-refractivity contribution in [3.8, 4) is 45.5 Å². The van der Waals surface area contributed by atoms with Crippen LogP contribution in [0.5, 0.6) is 0 Å². The van der Waals surface area contributed by atoms with Gasteiger partial charge in [-0.1, -0.05) is 132 Å². The summed E-state index contributed by atoms with van der Waals surface area (Å²) in [4.78, 5) is 2.53. The smallest absolute Gasteiger partial charge is 0.0991 e. The molecule has 0 atom stereocenters. The Kier molecular flexibility index (Phi) is 12.4. The minimum absolute atomic E-state index is 0.635. The number of rotatable bonds is 16. The third kappa shape index (κ3) is 7.62. The fourth-order valence-corrected chi connectivity index (χ4v) is 10.7. The zero-order chi connectivity index (χ0) is 44.2. The van der Waals surface area contributed by atoms with Crippen molar-refractivity contribution in [2.24, 2.45) is 0 Å². The van der Waals surface area contributed by atoms with Crippen LogP contribution >= 0.6 is 0 Å². The van der Waals surface area contributed by atoms with Crippen LogP contribution in [0.1, 0.15) is 135 Å². The van der Waals surface area contributed by atoms with Gasteiger partial charge in [0, 0.05) is 17.1 Å². The number of fused-ring (bicyclic) bond motifs is 10. The van der Waals surface area contributed by atoms with Gasteiger partial charge in [-0.15, -0.1) is 0 Å². The molecule has 0 amide bonds. The maximum Gasteiger partial charge on any atom is 0.0991 e. The van der Waals surface area contributed by atoms with Crippen LogP contribution in [0.4, 0.5) is 17.1 Å². The zero-order valence-corrected chi connectivity index (χ0v) is 38.1. The monoisotopic (exact) mass is 833 g/mol. The number of aryl methyl sites for hydroxylation is 4. The standard InChI is InChI=1S/C61H59N3/c1-5-9-16-42-32-43(17-10-6-2)35-50(34-42)64(51-36-44(18-11-7-3)33-45(37-51)19-12-8-4)49-28-26-48(27-29-49)52-21-15-23-57-60(52)55-20-13-14-22-56(55)61(57)58-38-46(40-62)24-30-53(58)54-31-25-47(41-63)39-59(54)61/h13-15,20-39H,5-12,16-19H2,1-4H3. The molecule has 0 aromatic heterocycles. The first-order chi connectivity index (χ1) is 31.4. The molecule has 0 bridgehead atoms. The molecule has 64 heavy (non-hydrogen) atoms. The Morgan fingerprint density at radius 1 is 0.406 bits per heavy atom. The van der Waals surface area contributed by atoms with E-state index in [1.807, 2.05) is 12.1 Å². The van der Waals surface area contributed by atoms with Gasteiger partial charge in [0.25, 0.3) is 0 Å². The summed E-state index contributed by atoms with van der Waals surface area (Å²) in [6.07, 6.45) is 13.8. The van der Waals surface area contributed by atoms with E-state index in [1.165, 1.54) is 113 Å². The predicted octanol–water partition coefficient (Wildman–Crippen LogP) is 16.3. The topological polar surface area (TPSA) is 50.8 Å². The molecule has 9 rings (SSSR count). The number of nitriles is 2. The largest absolute Gasteiger partial charge is 0.310 e. The lowest BCUT2D eigenvalue weighted by Crippen LogP contribution is -2.26. The van der Waals surface area contributed by atoms with Crippen molar-refractivity contribution < 1.29 is 0 Å². The molecule has 0 saturated heterocycles. The maximum atomic E-state index is 10.2. The molecule has 1 spiro atoms. The van der Waals surface area contributed by atoms with E-state index in [1.54, 1.807) is 0 Å². The highest BCUT2D eigenvalue weighted by atomic mass is 15.1. The number of hydrogen-bond acceptors (Lipinski definition) is 3. The van der Waals surface area contributed by atoms with Gasteiger partial charge in [0.15, 0.2) is 0 Å². The molecule has 0 unspecified atom stereocenters. The highest BCUT2D eigenvalue weighted by Gasteiger charge is 2.52. The summed E-state index contributed by atoms with van der Waals surface area (Å²) in [6, 6.07) is 56.6. The van der Waals surface area contributed by atoms with Crippen LogP contribution in [0.3, 0.4) is 0 Å². The molecule has 2 aliphatic carbocycles. The molecular formula is C61H59N3. The van der Waals surface area contributed by atoms with E-state index in [0.29, 0.717) is 11.1 Å². The Bertz CT molecular complexity index is 2740. The lowest BCUT2D eigenvalue weighted by atomic mass is 9.70. The lowest BCUT2D eigenvalue weighted by Gasteiger charge is -2.30. The Balaban J connectivity index is 1.22. The summed E-state index contributed by atoms with van der Waals surface area (Å²) in [7, 11) is 0. The first-order valence-electron chi connectivity index (χ1n) is 23.9. The summed E-state index contributed by atoms with van der Waals surface area (Å²) < 4.78 is 0. The molecule has 7 aromatic rings. The van der Waals surface area contributed by atoms with Gasteiger partial charge >= 0.3 is 0 Å². The van der Waals surface area contributed by atoms with Gasteiger partial charge in [-0.05, 0) is 190 Å². The second kappa shape index (κ2) is 18.6. The Hall–Kier alpha value is -6.68. The van der Waals surface area contributed by atoms with Crippen LogP contribution in [0.15, 0.2) is 140 Å². The second-order valence-corrected chi connectivity index (χ2v) is 18.1. The molecule has 3 nitrogen and oxygen atoms in total. The first-order valence-corrected chi connectivity index (χ1v) is 23.9. The van der Waals surface area contributed by atoms with Crippen molar-refractivity contribution in [3.63, 3.8) is 0 Å². The number of benzene rings is 7. The molecule has 3 heteroatoms. The van der Waals surface area contributed by atoms with Crippen molar-refractivity contribution in [3.05, 3.63) is 195 Å². The van der Waals surface area contributed by atoms with Crippen molar-refractivity contribution in [2.45, 2.75) is 110 Å². The number of hydrogen-bond donors (Lipinski definition) is 0. The second-order valence-electron chi connectivity index (χ2n) is 18.1. The van der Waals surface area contributed by atoms with Gasteiger partial charge in [-0.3, -0.25) is 0 Å². The number of nitrogens with zero attached hydrogens (tertiary/aromatic N) is 3. The molecule has 0 radical (unpaired) electrons. The molecule has 7 aromatic carbocycles. The van der Waals surface area contributed by atoms with Gasteiger partial charge in [-0.25, -0.2) is 0 Å².